The predicted octanol–water partition coefficient (Wildman–Crippen LogP) is 7.16. The monoisotopic (exact) mass is 384 g/mol. The minimum atomic E-state index is -0.0452. The van der Waals surface area contributed by atoms with Gasteiger partial charge in [-0.1, -0.05) is 58.4 Å². The van der Waals surface area contributed by atoms with Crippen molar-refractivity contribution in [2.75, 3.05) is 0 Å². The molecule has 28 heavy (non-hydrogen) atoms. The quantitative estimate of drug-likeness (QED) is 0.510. The van der Waals surface area contributed by atoms with Crippen LogP contribution in [0.3, 0.4) is 0 Å². The number of rotatable bonds is 4. The van der Waals surface area contributed by atoms with E-state index in [1.165, 1.54) is 44.9 Å². The SMILES string of the molecule is CC(C)C/C=C/[C@H](C)[C@H]1CC[C@H]2C3=CC[C@H]4C[C@@H](O)CC[C@]4(C)[C@H]3CC[C@]12C. The minimum absolute atomic E-state index is 0.0452. The van der Waals surface area contributed by atoms with E-state index in [-0.39, 0.29) is 6.10 Å². The molecule has 3 saturated carbocycles. The van der Waals surface area contributed by atoms with Crippen LogP contribution in [0.25, 0.3) is 0 Å². The Kier molecular flexibility index (Phi) is 5.62. The highest BCUT2D eigenvalue weighted by molar-refractivity contribution is 5.28. The van der Waals surface area contributed by atoms with Crippen molar-refractivity contribution < 1.29 is 5.11 Å². The molecule has 3 fully saturated rings. The van der Waals surface area contributed by atoms with Crippen LogP contribution in [0.5, 0.6) is 0 Å². The second-order valence-electron chi connectivity index (χ2n) is 11.8. The van der Waals surface area contributed by atoms with Gasteiger partial charge in [-0.2, -0.15) is 0 Å². The zero-order valence-electron chi connectivity index (χ0n) is 19.1. The second kappa shape index (κ2) is 7.60. The summed E-state index contributed by atoms with van der Waals surface area (Å²) in [5.74, 6) is 4.65. The van der Waals surface area contributed by atoms with Gasteiger partial charge in [0.2, 0.25) is 0 Å². The lowest BCUT2D eigenvalue weighted by atomic mass is 9.47. The van der Waals surface area contributed by atoms with E-state index in [9.17, 15) is 5.11 Å². The number of allylic oxidation sites excluding steroid dienone is 4. The van der Waals surface area contributed by atoms with E-state index in [4.69, 9.17) is 0 Å². The first-order chi connectivity index (χ1) is 13.3. The average Bonchev–Trinajstić information content (AvgIpc) is 2.99. The summed E-state index contributed by atoms with van der Waals surface area (Å²) in [5.41, 5.74) is 2.80. The Morgan fingerprint density at radius 3 is 2.50 bits per heavy atom. The summed E-state index contributed by atoms with van der Waals surface area (Å²) < 4.78 is 0. The van der Waals surface area contributed by atoms with Crippen LogP contribution in [-0.4, -0.2) is 11.2 Å². The van der Waals surface area contributed by atoms with Crippen molar-refractivity contribution in [3.05, 3.63) is 23.8 Å². The van der Waals surface area contributed by atoms with Crippen LogP contribution in [-0.2, 0) is 0 Å². The van der Waals surface area contributed by atoms with Crippen molar-refractivity contribution in [2.24, 2.45) is 46.3 Å². The molecule has 0 bridgehead atoms. The molecule has 1 heteroatoms. The molecule has 0 amide bonds. The van der Waals surface area contributed by atoms with Gasteiger partial charge in [0, 0.05) is 0 Å². The van der Waals surface area contributed by atoms with Gasteiger partial charge in [-0.3, -0.25) is 0 Å². The topological polar surface area (TPSA) is 20.2 Å². The number of aliphatic hydroxyl groups is 1. The molecule has 8 atom stereocenters. The molecule has 0 aromatic heterocycles. The van der Waals surface area contributed by atoms with Gasteiger partial charge >= 0.3 is 0 Å². The molecule has 0 aliphatic heterocycles. The van der Waals surface area contributed by atoms with Crippen molar-refractivity contribution in [3.63, 3.8) is 0 Å². The van der Waals surface area contributed by atoms with Crippen molar-refractivity contribution in [1.29, 1.82) is 0 Å². The molecule has 0 spiro atoms. The first-order valence-corrected chi connectivity index (χ1v) is 12.3. The van der Waals surface area contributed by atoms with Crippen molar-refractivity contribution in [3.8, 4) is 0 Å². The highest BCUT2D eigenvalue weighted by Crippen LogP contribution is 2.66. The fraction of sp³-hybridized carbons (Fsp3) is 0.852. The van der Waals surface area contributed by atoms with Gasteiger partial charge in [-0.25, -0.2) is 0 Å². The summed E-state index contributed by atoms with van der Waals surface area (Å²) in [5, 5.41) is 10.2. The molecule has 4 rings (SSSR count). The third-order valence-corrected chi connectivity index (χ3v) is 9.81. The van der Waals surface area contributed by atoms with Crippen molar-refractivity contribution in [1.82, 2.24) is 0 Å². The van der Waals surface area contributed by atoms with Gasteiger partial charge < -0.3 is 5.11 Å². The Labute approximate surface area is 174 Å². The largest absolute Gasteiger partial charge is 0.393 e. The highest BCUT2D eigenvalue weighted by Gasteiger charge is 2.57. The Bertz CT molecular complexity index is 630. The average molecular weight is 385 g/mol. The Hall–Kier alpha value is -0.560. The molecule has 1 N–H and O–H groups in total. The van der Waals surface area contributed by atoms with Crippen molar-refractivity contribution >= 4 is 0 Å². The first kappa shape index (κ1) is 20.7. The van der Waals surface area contributed by atoms with E-state index < -0.39 is 0 Å². The number of hydrogen-bond acceptors (Lipinski definition) is 1. The maximum atomic E-state index is 10.2. The van der Waals surface area contributed by atoms with E-state index in [1.807, 2.05) is 5.57 Å². The summed E-state index contributed by atoms with van der Waals surface area (Å²) in [7, 11) is 0. The minimum Gasteiger partial charge on any atom is -0.393 e. The fourth-order valence-corrected chi connectivity index (χ4v) is 8.09. The fourth-order valence-electron chi connectivity index (χ4n) is 8.09. The number of fused-ring (bicyclic) bond motifs is 5. The van der Waals surface area contributed by atoms with Gasteiger partial charge in [-0.05, 0) is 104 Å². The molecule has 0 heterocycles. The predicted molar refractivity (Wildman–Crippen MR) is 119 cm³/mol. The Balaban J connectivity index is 1.54. The van der Waals surface area contributed by atoms with Crippen molar-refractivity contribution in [2.45, 2.75) is 98.5 Å². The number of hydrogen-bond donors (Lipinski definition) is 1. The van der Waals surface area contributed by atoms with Gasteiger partial charge in [0.25, 0.3) is 0 Å². The molecule has 0 aromatic rings. The standard InChI is InChI=1S/C27H44O/c1-18(2)7-6-8-19(3)23-11-12-24-22-10-9-20-17-21(28)13-15-26(20,4)25(22)14-16-27(23,24)5/h6,8,10,18-21,23-25,28H,7,9,11-17H2,1-5H3/b8-6+/t19-,20-,21-,23+,24-,25-,26-,27+/m0/s1. The lowest BCUT2D eigenvalue weighted by Gasteiger charge is -2.57. The van der Waals surface area contributed by atoms with Crippen LogP contribution in [0.1, 0.15) is 92.4 Å². The third kappa shape index (κ3) is 3.34. The Morgan fingerprint density at radius 1 is 1.04 bits per heavy atom. The maximum Gasteiger partial charge on any atom is 0.0543 e. The van der Waals surface area contributed by atoms with Crippen LogP contribution >= 0.6 is 0 Å². The van der Waals surface area contributed by atoms with Gasteiger partial charge in [-0.15, -0.1) is 0 Å². The zero-order chi connectivity index (χ0) is 20.1. The van der Waals surface area contributed by atoms with Crippen LogP contribution in [0.15, 0.2) is 23.8 Å². The van der Waals surface area contributed by atoms with Crippen LogP contribution in [0.2, 0.25) is 0 Å². The van der Waals surface area contributed by atoms with Crippen LogP contribution in [0.4, 0.5) is 0 Å². The molecule has 0 radical (unpaired) electrons. The zero-order valence-corrected chi connectivity index (χ0v) is 19.1. The summed E-state index contributed by atoms with van der Waals surface area (Å²) in [6.45, 7) is 12.3. The summed E-state index contributed by atoms with van der Waals surface area (Å²) >= 11 is 0. The van der Waals surface area contributed by atoms with Crippen LogP contribution in [0, 0.1) is 46.3 Å². The lowest BCUT2D eigenvalue weighted by molar-refractivity contribution is -0.0414. The van der Waals surface area contributed by atoms with E-state index in [0.29, 0.717) is 22.7 Å². The molecule has 4 aliphatic carbocycles. The molecule has 158 valence electrons. The van der Waals surface area contributed by atoms with E-state index in [1.54, 1.807) is 0 Å². The van der Waals surface area contributed by atoms with E-state index in [2.05, 4.69) is 52.8 Å². The van der Waals surface area contributed by atoms with Gasteiger partial charge in [0.05, 0.1) is 6.10 Å². The van der Waals surface area contributed by atoms with Crippen LogP contribution < -0.4 is 0 Å². The highest BCUT2D eigenvalue weighted by atomic mass is 16.3. The normalized spacial score (nSPS) is 46.8. The third-order valence-electron chi connectivity index (χ3n) is 9.81. The van der Waals surface area contributed by atoms with Gasteiger partial charge in [0.1, 0.15) is 0 Å². The van der Waals surface area contributed by atoms with E-state index >= 15 is 0 Å². The summed E-state index contributed by atoms with van der Waals surface area (Å²) in [4.78, 5) is 0. The smallest absolute Gasteiger partial charge is 0.0543 e. The Morgan fingerprint density at radius 2 is 1.75 bits per heavy atom. The van der Waals surface area contributed by atoms with Gasteiger partial charge in [0.15, 0.2) is 0 Å². The molecular formula is C27H44O. The molecule has 1 nitrogen and oxygen atoms in total. The molecule has 0 saturated heterocycles. The molecular weight excluding hydrogens is 340 g/mol. The summed E-state index contributed by atoms with van der Waals surface area (Å²) in [6.07, 6.45) is 19.0. The van der Waals surface area contributed by atoms with E-state index in [0.717, 1.165) is 36.5 Å². The lowest BCUT2D eigenvalue weighted by Crippen LogP contribution is -2.49. The second-order valence-corrected chi connectivity index (χ2v) is 11.8. The summed E-state index contributed by atoms with van der Waals surface area (Å²) in [6, 6.07) is 0. The molecule has 0 aromatic carbocycles. The maximum absolute atomic E-state index is 10.2. The first-order valence-electron chi connectivity index (χ1n) is 12.3. The number of aliphatic hydroxyl groups excluding tert-OH is 1. The molecule has 4 aliphatic rings. The molecule has 0 unspecified atom stereocenters.